The highest BCUT2D eigenvalue weighted by Gasteiger charge is 2.14. The first-order valence-electron chi connectivity index (χ1n) is 6.03. The molecule has 0 radical (unpaired) electrons. The lowest BCUT2D eigenvalue weighted by Crippen LogP contribution is -2.23. The van der Waals surface area contributed by atoms with Crippen LogP contribution in [0.1, 0.15) is 30.9 Å². The number of hydrogen-bond acceptors (Lipinski definition) is 2. The highest BCUT2D eigenvalue weighted by Crippen LogP contribution is 2.33. The van der Waals surface area contributed by atoms with E-state index in [-0.39, 0.29) is 0 Å². The number of H-pyrrole nitrogens is 1. The predicted molar refractivity (Wildman–Crippen MR) is 77.8 cm³/mol. The first-order valence-corrected chi connectivity index (χ1v) is 6.83. The molecular formula is C14H17BrN2O. The van der Waals surface area contributed by atoms with Gasteiger partial charge in [-0.1, -0.05) is 35.8 Å². The molecular weight excluding hydrogens is 292 g/mol. The Kier molecular flexibility index (Phi) is 3.88. The van der Waals surface area contributed by atoms with E-state index in [0.29, 0.717) is 12.3 Å². The molecule has 2 rings (SSSR count). The molecule has 0 aliphatic carbocycles. The molecule has 0 spiro atoms. The average molecular weight is 309 g/mol. The van der Waals surface area contributed by atoms with E-state index in [0.717, 1.165) is 27.2 Å². The Labute approximate surface area is 115 Å². The van der Waals surface area contributed by atoms with Crippen molar-refractivity contribution in [3.63, 3.8) is 0 Å². The third-order valence-electron chi connectivity index (χ3n) is 3.15. The summed E-state index contributed by atoms with van der Waals surface area (Å²) in [5.74, 6) is 0.451. The standard InChI is InChI=1S/C14H17BrN2O/c1-8(2)11-3-4-12(15)13-9(5-10(16)7-18)6-17-14(11)13/h3-4,6-8,10,17H,5,16H2,1-2H3/t10-/m0/s1. The van der Waals surface area contributed by atoms with E-state index in [9.17, 15) is 4.79 Å². The monoisotopic (exact) mass is 308 g/mol. The molecule has 2 aromatic rings. The number of rotatable bonds is 4. The number of fused-ring (bicyclic) bond motifs is 1. The molecule has 0 saturated carbocycles. The second-order valence-corrected chi connectivity index (χ2v) is 5.71. The van der Waals surface area contributed by atoms with E-state index < -0.39 is 6.04 Å². The molecule has 3 nitrogen and oxygen atoms in total. The zero-order valence-electron chi connectivity index (χ0n) is 10.5. The van der Waals surface area contributed by atoms with Gasteiger partial charge in [0, 0.05) is 16.1 Å². The number of aromatic amines is 1. The summed E-state index contributed by atoms with van der Waals surface area (Å²) in [6.45, 7) is 4.33. The molecule has 0 aliphatic heterocycles. The molecule has 96 valence electrons. The second-order valence-electron chi connectivity index (χ2n) is 4.86. The minimum Gasteiger partial charge on any atom is -0.361 e. The number of hydrogen-bond donors (Lipinski definition) is 2. The van der Waals surface area contributed by atoms with Gasteiger partial charge in [0.2, 0.25) is 0 Å². The number of nitrogens with two attached hydrogens (primary N) is 1. The van der Waals surface area contributed by atoms with Crippen LogP contribution in [0.3, 0.4) is 0 Å². The van der Waals surface area contributed by atoms with Gasteiger partial charge in [-0.3, -0.25) is 0 Å². The van der Waals surface area contributed by atoms with Crippen molar-refractivity contribution in [2.45, 2.75) is 32.2 Å². The molecule has 1 aromatic heterocycles. The maximum absolute atomic E-state index is 10.7. The number of aldehydes is 1. The van der Waals surface area contributed by atoms with Crippen LogP contribution in [0.4, 0.5) is 0 Å². The highest BCUT2D eigenvalue weighted by molar-refractivity contribution is 9.10. The van der Waals surface area contributed by atoms with Crippen molar-refractivity contribution in [3.8, 4) is 0 Å². The van der Waals surface area contributed by atoms with Crippen molar-refractivity contribution in [2.75, 3.05) is 0 Å². The van der Waals surface area contributed by atoms with Gasteiger partial charge in [-0.2, -0.15) is 0 Å². The average Bonchev–Trinajstić information content (AvgIpc) is 2.73. The summed E-state index contributed by atoms with van der Waals surface area (Å²) in [5.41, 5.74) is 9.20. The van der Waals surface area contributed by atoms with Gasteiger partial charge < -0.3 is 15.5 Å². The lowest BCUT2D eigenvalue weighted by Gasteiger charge is -2.09. The molecule has 1 heterocycles. The van der Waals surface area contributed by atoms with Crippen LogP contribution in [0.15, 0.2) is 22.8 Å². The molecule has 1 atom stereocenters. The van der Waals surface area contributed by atoms with Crippen LogP contribution in [0.2, 0.25) is 0 Å². The lowest BCUT2D eigenvalue weighted by molar-refractivity contribution is -0.108. The van der Waals surface area contributed by atoms with Gasteiger partial charge in [-0.15, -0.1) is 0 Å². The van der Waals surface area contributed by atoms with E-state index >= 15 is 0 Å². The second kappa shape index (κ2) is 5.24. The minimum absolute atomic E-state index is 0.446. The molecule has 4 heteroatoms. The van der Waals surface area contributed by atoms with Gasteiger partial charge in [0.25, 0.3) is 0 Å². The fourth-order valence-corrected chi connectivity index (χ4v) is 2.82. The Morgan fingerprint density at radius 3 is 2.78 bits per heavy atom. The number of carbonyl (C=O) groups excluding carboxylic acids is 1. The van der Waals surface area contributed by atoms with Crippen LogP contribution < -0.4 is 5.73 Å². The molecule has 0 aliphatic rings. The quantitative estimate of drug-likeness (QED) is 0.853. The summed E-state index contributed by atoms with van der Waals surface area (Å²) in [6.07, 6.45) is 3.30. The summed E-state index contributed by atoms with van der Waals surface area (Å²) in [6, 6.07) is 3.73. The smallest absolute Gasteiger partial charge is 0.137 e. The van der Waals surface area contributed by atoms with Crippen LogP contribution in [0, 0.1) is 0 Å². The van der Waals surface area contributed by atoms with E-state index in [4.69, 9.17) is 5.73 Å². The van der Waals surface area contributed by atoms with Crippen LogP contribution in [0.5, 0.6) is 0 Å². The Morgan fingerprint density at radius 2 is 2.17 bits per heavy atom. The minimum atomic E-state index is -0.446. The molecule has 0 bridgehead atoms. The van der Waals surface area contributed by atoms with Crippen molar-refractivity contribution in [3.05, 3.63) is 33.9 Å². The summed E-state index contributed by atoms with van der Waals surface area (Å²) in [4.78, 5) is 14.0. The Hall–Kier alpha value is -1.13. The molecule has 0 amide bonds. The fraction of sp³-hybridized carbons (Fsp3) is 0.357. The van der Waals surface area contributed by atoms with Crippen molar-refractivity contribution >= 4 is 33.1 Å². The molecule has 18 heavy (non-hydrogen) atoms. The van der Waals surface area contributed by atoms with Crippen molar-refractivity contribution in [1.29, 1.82) is 0 Å². The number of aromatic nitrogens is 1. The first kappa shape index (κ1) is 13.3. The van der Waals surface area contributed by atoms with Crippen molar-refractivity contribution in [2.24, 2.45) is 5.73 Å². The molecule has 1 aromatic carbocycles. The fourth-order valence-electron chi connectivity index (χ4n) is 2.24. The highest BCUT2D eigenvalue weighted by atomic mass is 79.9. The van der Waals surface area contributed by atoms with E-state index in [1.807, 2.05) is 6.20 Å². The first-order chi connectivity index (χ1) is 8.54. The van der Waals surface area contributed by atoms with Crippen LogP contribution >= 0.6 is 15.9 Å². The summed E-state index contributed by atoms with van der Waals surface area (Å²) in [5, 5.41) is 1.14. The number of nitrogens with one attached hydrogen (secondary N) is 1. The van der Waals surface area contributed by atoms with Gasteiger partial charge in [0.15, 0.2) is 0 Å². The van der Waals surface area contributed by atoms with Crippen LogP contribution in [0.25, 0.3) is 10.9 Å². The number of benzene rings is 1. The van der Waals surface area contributed by atoms with E-state index in [1.54, 1.807) is 0 Å². The molecule has 3 N–H and O–H groups in total. The molecule has 0 unspecified atom stereocenters. The molecule has 0 fully saturated rings. The third-order valence-corrected chi connectivity index (χ3v) is 3.81. The number of halogens is 1. The SMILES string of the molecule is CC(C)c1ccc(Br)c2c(C[C@H](N)C=O)c[nH]c12. The predicted octanol–water partition coefficient (Wildman–Crippen LogP) is 3.12. The van der Waals surface area contributed by atoms with Gasteiger partial charge in [-0.05, 0) is 29.5 Å². The zero-order valence-corrected chi connectivity index (χ0v) is 12.1. The number of carbonyl (C=O) groups is 1. The normalized spacial score (nSPS) is 13.2. The van der Waals surface area contributed by atoms with E-state index in [1.165, 1.54) is 5.56 Å². The largest absolute Gasteiger partial charge is 0.361 e. The van der Waals surface area contributed by atoms with Crippen molar-refractivity contribution in [1.82, 2.24) is 4.98 Å². The summed E-state index contributed by atoms with van der Waals surface area (Å²) < 4.78 is 1.04. The van der Waals surface area contributed by atoms with Crippen LogP contribution in [-0.2, 0) is 11.2 Å². The van der Waals surface area contributed by atoms with Gasteiger partial charge >= 0.3 is 0 Å². The van der Waals surface area contributed by atoms with Gasteiger partial charge in [0.05, 0.1) is 11.6 Å². The van der Waals surface area contributed by atoms with Gasteiger partial charge in [-0.25, -0.2) is 0 Å². The van der Waals surface area contributed by atoms with Crippen molar-refractivity contribution < 1.29 is 4.79 Å². The summed E-state index contributed by atoms with van der Waals surface area (Å²) in [7, 11) is 0. The topological polar surface area (TPSA) is 58.9 Å². The third kappa shape index (κ3) is 2.35. The van der Waals surface area contributed by atoms with Crippen LogP contribution in [-0.4, -0.2) is 17.3 Å². The zero-order chi connectivity index (χ0) is 13.3. The Balaban J connectivity index is 2.57. The Morgan fingerprint density at radius 1 is 1.44 bits per heavy atom. The van der Waals surface area contributed by atoms with Gasteiger partial charge in [0.1, 0.15) is 6.29 Å². The Bertz CT molecular complexity index is 574. The molecule has 0 saturated heterocycles. The maximum Gasteiger partial charge on any atom is 0.137 e. The summed E-state index contributed by atoms with van der Waals surface area (Å²) >= 11 is 3.57. The maximum atomic E-state index is 10.7. The van der Waals surface area contributed by atoms with E-state index in [2.05, 4.69) is 46.9 Å². The lowest BCUT2D eigenvalue weighted by atomic mass is 9.98.